The number of hydrogen-bond acceptors (Lipinski definition) is 5. The summed E-state index contributed by atoms with van der Waals surface area (Å²) in [6, 6.07) is 19.3. The van der Waals surface area contributed by atoms with Crippen LogP contribution in [0.5, 0.6) is 5.75 Å². The lowest BCUT2D eigenvalue weighted by molar-refractivity contribution is -0.139. The largest absolute Gasteiger partial charge is 0.496 e. The molecular weight excluding hydrogens is 406 g/mol. The summed E-state index contributed by atoms with van der Waals surface area (Å²) in [5.41, 5.74) is 3.43. The minimum atomic E-state index is -0.682. The summed E-state index contributed by atoms with van der Waals surface area (Å²) < 4.78 is 10.9. The molecule has 2 aromatic carbocycles. The van der Waals surface area contributed by atoms with Crippen LogP contribution in [-0.4, -0.2) is 36.9 Å². The first-order valence-electron chi connectivity index (χ1n) is 10.7. The van der Waals surface area contributed by atoms with Crippen molar-refractivity contribution >= 4 is 11.8 Å². The van der Waals surface area contributed by atoms with Gasteiger partial charge in [-0.1, -0.05) is 42.5 Å². The fraction of sp³-hybridized carbons (Fsp3) is 0.280. The second-order valence-electron chi connectivity index (χ2n) is 7.72. The van der Waals surface area contributed by atoms with Gasteiger partial charge in [0, 0.05) is 31.7 Å². The van der Waals surface area contributed by atoms with Crippen LogP contribution in [0.2, 0.25) is 0 Å². The van der Waals surface area contributed by atoms with E-state index in [0.29, 0.717) is 5.75 Å². The molecule has 7 nitrogen and oxygen atoms in total. The van der Waals surface area contributed by atoms with Crippen LogP contribution in [0, 0.1) is 0 Å². The quantitative estimate of drug-likeness (QED) is 0.560. The van der Waals surface area contributed by atoms with E-state index in [1.165, 1.54) is 11.1 Å². The number of methoxy groups -OCH3 is 1. The maximum absolute atomic E-state index is 12.5. The molecule has 1 aromatic heterocycles. The fourth-order valence-corrected chi connectivity index (χ4v) is 4.05. The molecule has 32 heavy (non-hydrogen) atoms. The topological polar surface area (TPSA) is 83.8 Å². The fourth-order valence-electron chi connectivity index (χ4n) is 4.05. The summed E-state index contributed by atoms with van der Waals surface area (Å²) in [7, 11) is 1.57. The van der Waals surface area contributed by atoms with Gasteiger partial charge in [-0.3, -0.25) is 14.5 Å². The highest BCUT2D eigenvalue weighted by atomic mass is 16.5. The van der Waals surface area contributed by atoms with Gasteiger partial charge in [0.05, 0.1) is 19.4 Å². The van der Waals surface area contributed by atoms with Gasteiger partial charge >= 0.3 is 11.8 Å². The minimum Gasteiger partial charge on any atom is -0.496 e. The van der Waals surface area contributed by atoms with Crippen LogP contribution in [0.1, 0.15) is 28.5 Å². The van der Waals surface area contributed by atoms with E-state index in [1.807, 2.05) is 42.5 Å². The molecule has 0 unspecified atom stereocenters. The molecule has 0 spiro atoms. The van der Waals surface area contributed by atoms with Crippen LogP contribution in [0.15, 0.2) is 71.3 Å². The summed E-state index contributed by atoms with van der Waals surface area (Å²) in [4.78, 5) is 27.1. The molecule has 2 amide bonds. The van der Waals surface area contributed by atoms with Crippen molar-refractivity contribution in [3.63, 3.8) is 0 Å². The first-order chi connectivity index (χ1) is 15.7. The van der Waals surface area contributed by atoms with Crippen LogP contribution >= 0.6 is 0 Å². The Hall–Kier alpha value is -3.58. The smallest absolute Gasteiger partial charge is 0.309 e. The molecule has 0 saturated heterocycles. The number of hydrogen-bond donors (Lipinski definition) is 2. The number of ether oxygens (including phenoxy) is 1. The molecule has 0 fully saturated rings. The molecule has 2 heterocycles. The highest BCUT2D eigenvalue weighted by Gasteiger charge is 2.27. The minimum absolute atomic E-state index is 0.163. The average Bonchev–Trinajstić information content (AvgIpc) is 3.37. The molecule has 4 rings (SSSR count). The number of nitrogens with one attached hydrogen (secondary N) is 2. The number of furan rings is 1. The third-order valence-electron chi connectivity index (χ3n) is 5.77. The van der Waals surface area contributed by atoms with Crippen LogP contribution < -0.4 is 15.4 Å². The molecule has 1 atom stereocenters. The van der Waals surface area contributed by atoms with Gasteiger partial charge in [0.15, 0.2) is 0 Å². The Bertz CT molecular complexity index is 1060. The third-order valence-corrected chi connectivity index (χ3v) is 5.77. The molecular formula is C25H27N3O4. The third kappa shape index (κ3) is 5.00. The molecule has 0 saturated carbocycles. The number of rotatable bonds is 7. The van der Waals surface area contributed by atoms with Gasteiger partial charge in [0.25, 0.3) is 0 Å². The Morgan fingerprint density at radius 1 is 1.00 bits per heavy atom. The molecule has 0 bridgehead atoms. The first-order valence-corrected chi connectivity index (χ1v) is 10.7. The Labute approximate surface area is 187 Å². The van der Waals surface area contributed by atoms with Gasteiger partial charge in [0.1, 0.15) is 11.5 Å². The lowest BCUT2D eigenvalue weighted by Crippen LogP contribution is -2.45. The molecule has 166 valence electrons. The van der Waals surface area contributed by atoms with Gasteiger partial charge in [-0.25, -0.2) is 0 Å². The van der Waals surface area contributed by atoms with Crippen molar-refractivity contribution in [3.05, 3.63) is 89.4 Å². The van der Waals surface area contributed by atoms with Crippen molar-refractivity contribution in [3.8, 4) is 5.75 Å². The second kappa shape index (κ2) is 10.2. The van der Waals surface area contributed by atoms with Crippen molar-refractivity contribution in [2.24, 2.45) is 0 Å². The number of fused-ring (bicyclic) bond motifs is 1. The molecule has 3 aromatic rings. The highest BCUT2D eigenvalue weighted by molar-refractivity contribution is 6.35. The van der Waals surface area contributed by atoms with E-state index < -0.39 is 11.8 Å². The zero-order valence-electron chi connectivity index (χ0n) is 18.0. The molecule has 1 aliphatic rings. The van der Waals surface area contributed by atoms with Gasteiger partial charge in [0.2, 0.25) is 0 Å². The molecule has 0 radical (unpaired) electrons. The van der Waals surface area contributed by atoms with Crippen molar-refractivity contribution in [2.75, 3.05) is 20.2 Å². The van der Waals surface area contributed by atoms with E-state index in [-0.39, 0.29) is 19.1 Å². The number of benzene rings is 2. The van der Waals surface area contributed by atoms with E-state index in [0.717, 1.165) is 30.8 Å². The lowest BCUT2D eigenvalue weighted by atomic mass is 9.98. The number of nitrogens with zero attached hydrogens (tertiary/aromatic N) is 1. The maximum atomic E-state index is 12.5. The summed E-state index contributed by atoms with van der Waals surface area (Å²) in [5, 5.41) is 5.43. The Morgan fingerprint density at radius 2 is 1.75 bits per heavy atom. The summed E-state index contributed by atoms with van der Waals surface area (Å²) >= 11 is 0. The zero-order valence-corrected chi connectivity index (χ0v) is 18.0. The van der Waals surface area contributed by atoms with Crippen LogP contribution in [-0.2, 0) is 29.1 Å². The summed E-state index contributed by atoms with van der Waals surface area (Å²) in [5.74, 6) is 0.0718. The van der Waals surface area contributed by atoms with Crippen molar-refractivity contribution in [1.29, 1.82) is 0 Å². The van der Waals surface area contributed by atoms with E-state index in [1.54, 1.807) is 13.4 Å². The van der Waals surface area contributed by atoms with Gasteiger partial charge in [-0.15, -0.1) is 0 Å². The standard InChI is InChI=1S/C25H27N3O4/c1-31-22-10-5-4-8-19(22)15-26-24(29)25(30)27-16-21(23-11-6-14-32-23)28-13-12-18-7-2-3-9-20(18)17-28/h2-11,14,21H,12-13,15-17H2,1H3,(H,26,29)(H,27,30)/t21-/m0/s1. The summed E-state index contributed by atoms with van der Waals surface area (Å²) in [6.45, 7) is 2.09. The zero-order chi connectivity index (χ0) is 22.3. The first kappa shape index (κ1) is 21.6. The van der Waals surface area contributed by atoms with Crippen LogP contribution in [0.3, 0.4) is 0 Å². The SMILES string of the molecule is COc1ccccc1CNC(=O)C(=O)NC[C@@H](c1ccco1)N1CCc2ccccc2C1. The average molecular weight is 434 g/mol. The predicted molar refractivity (Wildman–Crippen MR) is 120 cm³/mol. The lowest BCUT2D eigenvalue weighted by Gasteiger charge is -2.34. The van der Waals surface area contributed by atoms with Crippen molar-refractivity contribution < 1.29 is 18.7 Å². The van der Waals surface area contributed by atoms with Gasteiger partial charge < -0.3 is 19.8 Å². The molecule has 2 N–H and O–H groups in total. The number of carbonyl (C=O) groups excluding carboxylic acids is 2. The number of para-hydroxylation sites is 1. The Kier molecular flexibility index (Phi) is 6.87. The summed E-state index contributed by atoms with van der Waals surface area (Å²) in [6.07, 6.45) is 2.56. The van der Waals surface area contributed by atoms with Crippen LogP contribution in [0.25, 0.3) is 0 Å². The Morgan fingerprint density at radius 3 is 2.53 bits per heavy atom. The highest BCUT2D eigenvalue weighted by Crippen LogP contribution is 2.27. The molecule has 0 aliphatic carbocycles. The van der Waals surface area contributed by atoms with Crippen LogP contribution in [0.4, 0.5) is 0 Å². The normalized spacial score (nSPS) is 14.3. The number of carbonyl (C=O) groups is 2. The second-order valence-corrected chi connectivity index (χ2v) is 7.72. The van der Waals surface area contributed by atoms with Gasteiger partial charge in [-0.05, 0) is 35.7 Å². The molecule has 1 aliphatic heterocycles. The van der Waals surface area contributed by atoms with E-state index in [9.17, 15) is 9.59 Å². The van der Waals surface area contributed by atoms with E-state index in [4.69, 9.17) is 9.15 Å². The monoisotopic (exact) mass is 433 g/mol. The van der Waals surface area contributed by atoms with Crippen molar-refractivity contribution in [2.45, 2.75) is 25.6 Å². The van der Waals surface area contributed by atoms with E-state index >= 15 is 0 Å². The van der Waals surface area contributed by atoms with Gasteiger partial charge in [-0.2, -0.15) is 0 Å². The van der Waals surface area contributed by atoms with Crippen molar-refractivity contribution in [1.82, 2.24) is 15.5 Å². The molecule has 7 heteroatoms. The van der Waals surface area contributed by atoms with E-state index in [2.05, 4.69) is 33.7 Å². The number of amides is 2. The predicted octanol–water partition coefficient (Wildman–Crippen LogP) is 2.82. The Balaban J connectivity index is 1.37. The maximum Gasteiger partial charge on any atom is 0.309 e.